The summed E-state index contributed by atoms with van der Waals surface area (Å²) in [6.07, 6.45) is 0. The monoisotopic (exact) mass is 443 g/mol. The predicted molar refractivity (Wildman–Crippen MR) is 115 cm³/mol. The maximum absolute atomic E-state index is 12.3. The molecule has 10 heteroatoms. The lowest BCUT2D eigenvalue weighted by molar-refractivity contribution is -0.149. The molecule has 10 nitrogen and oxygen atoms in total. The summed E-state index contributed by atoms with van der Waals surface area (Å²) in [6.45, 7) is 2.02. The molecular weight excluding hydrogens is 418 g/mol. The zero-order valence-electron chi connectivity index (χ0n) is 17.8. The van der Waals surface area contributed by atoms with E-state index in [1.165, 1.54) is 7.11 Å². The Bertz CT molecular complexity index is 967. The summed E-state index contributed by atoms with van der Waals surface area (Å²) in [5.74, 6) is 0.404. The van der Waals surface area contributed by atoms with Crippen molar-refractivity contribution in [2.24, 2.45) is 0 Å². The van der Waals surface area contributed by atoms with Crippen LogP contribution < -0.4 is 30.2 Å². The fraction of sp³-hybridized carbons (Fsp3) is 0.318. The Kier molecular flexibility index (Phi) is 7.50. The average molecular weight is 443 g/mol. The number of benzene rings is 2. The smallest absolute Gasteiger partial charge is 0.329 e. The van der Waals surface area contributed by atoms with Crippen molar-refractivity contribution < 1.29 is 33.3 Å². The lowest BCUT2D eigenvalue weighted by atomic mass is 10.0. The maximum atomic E-state index is 12.3. The number of imide groups is 1. The largest absolute Gasteiger partial charge is 0.491 e. The van der Waals surface area contributed by atoms with Crippen LogP contribution in [0.4, 0.5) is 10.5 Å². The van der Waals surface area contributed by atoms with E-state index < -0.39 is 23.4 Å². The van der Waals surface area contributed by atoms with Crippen molar-refractivity contribution in [3.8, 4) is 17.2 Å². The summed E-state index contributed by atoms with van der Waals surface area (Å²) in [6, 6.07) is 13.1. The van der Waals surface area contributed by atoms with Crippen LogP contribution in [0, 0.1) is 0 Å². The molecule has 2 aromatic rings. The Balaban J connectivity index is 1.51. The number of carbonyl (C=O) groups is 3. The van der Waals surface area contributed by atoms with E-state index in [2.05, 4.69) is 16.0 Å². The number of methoxy groups -OCH3 is 1. The summed E-state index contributed by atoms with van der Waals surface area (Å²) < 4.78 is 21.3. The number of hydrogen-bond donors (Lipinski definition) is 3. The van der Waals surface area contributed by atoms with Crippen molar-refractivity contribution >= 4 is 23.6 Å². The van der Waals surface area contributed by atoms with Gasteiger partial charge in [0.2, 0.25) is 5.91 Å². The minimum absolute atomic E-state index is 0.0830. The second-order valence-electron chi connectivity index (χ2n) is 7.14. The molecule has 0 bridgehead atoms. The molecule has 0 radical (unpaired) electrons. The van der Waals surface area contributed by atoms with Crippen LogP contribution in [-0.2, 0) is 14.3 Å². The fourth-order valence-corrected chi connectivity index (χ4v) is 2.88. The first-order chi connectivity index (χ1) is 15.4. The molecule has 0 aromatic heterocycles. The number of para-hydroxylation sites is 1. The molecule has 3 amide bonds. The molecule has 0 aliphatic carbocycles. The van der Waals surface area contributed by atoms with Gasteiger partial charge in [-0.1, -0.05) is 18.2 Å². The summed E-state index contributed by atoms with van der Waals surface area (Å²) in [7, 11) is 1.24. The van der Waals surface area contributed by atoms with Gasteiger partial charge in [-0.3, -0.25) is 15.4 Å². The van der Waals surface area contributed by atoms with E-state index in [1.807, 2.05) is 6.07 Å². The van der Waals surface area contributed by atoms with E-state index in [-0.39, 0.29) is 13.2 Å². The summed E-state index contributed by atoms with van der Waals surface area (Å²) in [4.78, 5) is 36.6. The van der Waals surface area contributed by atoms with Gasteiger partial charge in [0.05, 0.1) is 13.7 Å². The first-order valence-corrected chi connectivity index (χ1v) is 9.91. The minimum Gasteiger partial charge on any atom is -0.491 e. The second-order valence-corrected chi connectivity index (χ2v) is 7.14. The van der Waals surface area contributed by atoms with Crippen LogP contribution in [0.3, 0.4) is 0 Å². The zero-order valence-corrected chi connectivity index (χ0v) is 17.8. The number of rotatable bonds is 8. The van der Waals surface area contributed by atoms with E-state index in [9.17, 15) is 14.4 Å². The van der Waals surface area contributed by atoms with Crippen molar-refractivity contribution in [3.05, 3.63) is 48.5 Å². The number of carbonyl (C=O) groups excluding carboxylic acids is 3. The first-order valence-electron chi connectivity index (χ1n) is 9.91. The van der Waals surface area contributed by atoms with Crippen LogP contribution in [0.2, 0.25) is 0 Å². The van der Waals surface area contributed by atoms with Gasteiger partial charge in [0.15, 0.2) is 11.5 Å². The number of esters is 1. The molecule has 3 N–H and O–H groups in total. The molecule has 0 fully saturated rings. The van der Waals surface area contributed by atoms with Crippen LogP contribution in [0.5, 0.6) is 17.2 Å². The van der Waals surface area contributed by atoms with Crippen LogP contribution in [0.25, 0.3) is 0 Å². The van der Waals surface area contributed by atoms with E-state index in [0.29, 0.717) is 36.1 Å². The van der Waals surface area contributed by atoms with E-state index >= 15 is 0 Å². The zero-order chi connectivity index (χ0) is 23.0. The van der Waals surface area contributed by atoms with Gasteiger partial charge in [-0.05, 0) is 31.2 Å². The minimum atomic E-state index is -1.31. The topological polar surface area (TPSA) is 124 Å². The summed E-state index contributed by atoms with van der Waals surface area (Å²) >= 11 is 0. The lowest BCUT2D eigenvalue weighted by Gasteiger charge is -2.27. The molecule has 0 saturated heterocycles. The standard InChI is InChI=1S/C22H25N3O7/c1-22(20(27)29-2,14-32-16-6-4-3-5-7-16)23-13-19(26)25-21(28)24-15-8-9-17-18(12-15)31-11-10-30-17/h3-9,12,23H,10-11,13-14H2,1-2H3,(H2,24,25,26,28). The summed E-state index contributed by atoms with van der Waals surface area (Å²) in [5.41, 5.74) is -0.878. The van der Waals surface area contributed by atoms with Crippen molar-refractivity contribution in [2.75, 3.05) is 38.8 Å². The quantitative estimate of drug-likeness (QED) is 0.527. The third kappa shape index (κ3) is 6.11. The molecular formula is C22H25N3O7. The molecule has 1 aliphatic heterocycles. The second kappa shape index (κ2) is 10.5. The normalized spacial score (nSPS) is 13.9. The first kappa shape index (κ1) is 22.9. The highest BCUT2D eigenvalue weighted by atomic mass is 16.6. The highest BCUT2D eigenvalue weighted by Gasteiger charge is 2.36. The van der Waals surface area contributed by atoms with Crippen LogP contribution in [0.15, 0.2) is 48.5 Å². The number of fused-ring (bicyclic) bond motifs is 1. The van der Waals surface area contributed by atoms with Gasteiger partial charge in [-0.15, -0.1) is 0 Å². The molecule has 3 rings (SSSR count). The van der Waals surface area contributed by atoms with Gasteiger partial charge < -0.3 is 24.3 Å². The Morgan fingerprint density at radius 2 is 1.75 bits per heavy atom. The van der Waals surface area contributed by atoms with Crippen molar-refractivity contribution in [1.82, 2.24) is 10.6 Å². The molecule has 32 heavy (non-hydrogen) atoms. The van der Waals surface area contributed by atoms with Crippen molar-refractivity contribution in [2.45, 2.75) is 12.5 Å². The number of hydrogen-bond acceptors (Lipinski definition) is 8. The maximum Gasteiger partial charge on any atom is 0.329 e. The predicted octanol–water partition coefficient (Wildman–Crippen LogP) is 1.71. The molecule has 2 aromatic carbocycles. The van der Waals surface area contributed by atoms with Gasteiger partial charge >= 0.3 is 12.0 Å². The Hall–Kier alpha value is -3.79. The fourth-order valence-electron chi connectivity index (χ4n) is 2.88. The van der Waals surface area contributed by atoms with Gasteiger partial charge in [0.25, 0.3) is 0 Å². The van der Waals surface area contributed by atoms with E-state index in [4.69, 9.17) is 18.9 Å². The molecule has 1 aliphatic rings. The van der Waals surface area contributed by atoms with Gasteiger partial charge in [0.1, 0.15) is 31.1 Å². The van der Waals surface area contributed by atoms with Gasteiger partial charge in [-0.2, -0.15) is 0 Å². The molecule has 0 saturated carbocycles. The SMILES string of the molecule is COC(=O)C(C)(COc1ccccc1)NCC(=O)NC(=O)Nc1ccc2c(c1)OCCO2. The Morgan fingerprint density at radius 1 is 1.03 bits per heavy atom. The lowest BCUT2D eigenvalue weighted by Crippen LogP contribution is -2.57. The third-order valence-corrected chi connectivity index (χ3v) is 4.60. The van der Waals surface area contributed by atoms with Gasteiger partial charge in [-0.25, -0.2) is 9.59 Å². The Morgan fingerprint density at radius 3 is 2.47 bits per heavy atom. The molecule has 1 heterocycles. The number of nitrogens with one attached hydrogen (secondary N) is 3. The number of amides is 3. The van der Waals surface area contributed by atoms with E-state index in [0.717, 1.165) is 0 Å². The number of anilines is 1. The summed E-state index contributed by atoms with van der Waals surface area (Å²) in [5, 5.41) is 7.54. The molecule has 0 spiro atoms. The molecule has 1 atom stereocenters. The van der Waals surface area contributed by atoms with Crippen molar-refractivity contribution in [3.63, 3.8) is 0 Å². The number of urea groups is 1. The van der Waals surface area contributed by atoms with Crippen LogP contribution in [0.1, 0.15) is 6.92 Å². The molecule has 170 valence electrons. The van der Waals surface area contributed by atoms with Crippen LogP contribution >= 0.6 is 0 Å². The average Bonchev–Trinajstić information content (AvgIpc) is 2.81. The molecule has 1 unspecified atom stereocenters. The Labute approximate surface area is 185 Å². The van der Waals surface area contributed by atoms with E-state index in [1.54, 1.807) is 49.4 Å². The highest BCUT2D eigenvalue weighted by molar-refractivity contribution is 6.02. The van der Waals surface area contributed by atoms with Crippen LogP contribution in [-0.4, -0.2) is 56.9 Å². The van der Waals surface area contributed by atoms with Crippen molar-refractivity contribution in [1.29, 1.82) is 0 Å². The highest BCUT2D eigenvalue weighted by Crippen LogP contribution is 2.32. The number of ether oxygens (including phenoxy) is 4. The van der Waals surface area contributed by atoms with Gasteiger partial charge in [0, 0.05) is 11.8 Å². The third-order valence-electron chi connectivity index (χ3n) is 4.60.